The van der Waals surface area contributed by atoms with Crippen molar-refractivity contribution in [3.63, 3.8) is 0 Å². The standard InChI is InChI=1S/C8H17NO/c1-4-5-6-9-8(2,3)7-10/h4,9-10H,1,5-7H2,2-3H3. The Balaban J connectivity index is 3.36. The fraction of sp³-hybridized carbons (Fsp3) is 0.750. The van der Waals surface area contributed by atoms with Gasteiger partial charge in [-0.3, -0.25) is 0 Å². The van der Waals surface area contributed by atoms with Gasteiger partial charge in [-0.25, -0.2) is 0 Å². The smallest absolute Gasteiger partial charge is 0.0607 e. The highest BCUT2D eigenvalue weighted by Gasteiger charge is 2.13. The van der Waals surface area contributed by atoms with Gasteiger partial charge in [-0.1, -0.05) is 6.08 Å². The molecule has 0 bridgehead atoms. The summed E-state index contributed by atoms with van der Waals surface area (Å²) >= 11 is 0. The molecule has 0 atom stereocenters. The van der Waals surface area contributed by atoms with Crippen LogP contribution in [-0.4, -0.2) is 23.8 Å². The van der Waals surface area contributed by atoms with Crippen molar-refractivity contribution in [2.24, 2.45) is 0 Å². The molecule has 10 heavy (non-hydrogen) atoms. The van der Waals surface area contributed by atoms with E-state index in [1.165, 1.54) is 0 Å². The monoisotopic (exact) mass is 143 g/mol. The maximum atomic E-state index is 8.81. The van der Waals surface area contributed by atoms with Gasteiger partial charge in [0.05, 0.1) is 6.61 Å². The van der Waals surface area contributed by atoms with Crippen molar-refractivity contribution < 1.29 is 5.11 Å². The van der Waals surface area contributed by atoms with E-state index in [1.807, 2.05) is 19.9 Å². The predicted octanol–water partition coefficient (Wildman–Crippen LogP) is 0.923. The maximum Gasteiger partial charge on any atom is 0.0607 e. The van der Waals surface area contributed by atoms with Gasteiger partial charge in [-0.15, -0.1) is 6.58 Å². The molecule has 0 aliphatic rings. The number of nitrogens with one attached hydrogen (secondary N) is 1. The van der Waals surface area contributed by atoms with Crippen molar-refractivity contribution in [2.45, 2.75) is 25.8 Å². The second-order valence-electron chi connectivity index (χ2n) is 3.05. The summed E-state index contributed by atoms with van der Waals surface area (Å²) < 4.78 is 0. The Morgan fingerprint density at radius 3 is 2.60 bits per heavy atom. The first kappa shape index (κ1) is 9.66. The number of rotatable bonds is 5. The molecule has 0 rings (SSSR count). The molecule has 0 aromatic heterocycles. The molecule has 0 saturated heterocycles. The third-order valence-corrected chi connectivity index (χ3v) is 1.35. The Morgan fingerprint density at radius 2 is 2.20 bits per heavy atom. The summed E-state index contributed by atoms with van der Waals surface area (Å²) in [4.78, 5) is 0. The van der Waals surface area contributed by atoms with E-state index in [9.17, 15) is 0 Å². The van der Waals surface area contributed by atoms with Crippen LogP contribution in [0.1, 0.15) is 20.3 Å². The summed E-state index contributed by atoms with van der Waals surface area (Å²) in [5, 5.41) is 12.0. The first-order valence-corrected chi connectivity index (χ1v) is 3.59. The van der Waals surface area contributed by atoms with Gasteiger partial charge in [0.25, 0.3) is 0 Å². The summed E-state index contributed by atoms with van der Waals surface area (Å²) in [6.07, 6.45) is 2.81. The fourth-order valence-corrected chi connectivity index (χ4v) is 0.569. The summed E-state index contributed by atoms with van der Waals surface area (Å²) in [5.41, 5.74) is -0.150. The van der Waals surface area contributed by atoms with Gasteiger partial charge in [0.1, 0.15) is 0 Å². The van der Waals surface area contributed by atoms with Crippen LogP contribution < -0.4 is 5.32 Å². The molecule has 2 nitrogen and oxygen atoms in total. The van der Waals surface area contributed by atoms with Gasteiger partial charge < -0.3 is 10.4 Å². The number of hydrogen-bond acceptors (Lipinski definition) is 2. The molecule has 0 unspecified atom stereocenters. The Morgan fingerprint density at radius 1 is 1.60 bits per heavy atom. The van der Waals surface area contributed by atoms with Crippen molar-refractivity contribution >= 4 is 0 Å². The summed E-state index contributed by atoms with van der Waals surface area (Å²) in [5.74, 6) is 0. The third kappa shape index (κ3) is 4.53. The van der Waals surface area contributed by atoms with Gasteiger partial charge in [-0.05, 0) is 26.8 Å². The maximum absolute atomic E-state index is 8.81. The Kier molecular flexibility index (Phi) is 4.32. The van der Waals surface area contributed by atoms with Crippen molar-refractivity contribution in [2.75, 3.05) is 13.2 Å². The van der Waals surface area contributed by atoms with Gasteiger partial charge >= 0.3 is 0 Å². The van der Waals surface area contributed by atoms with E-state index in [-0.39, 0.29) is 12.1 Å². The van der Waals surface area contributed by atoms with Crippen molar-refractivity contribution in [1.82, 2.24) is 5.32 Å². The van der Waals surface area contributed by atoms with E-state index in [1.54, 1.807) is 0 Å². The van der Waals surface area contributed by atoms with Crippen LogP contribution in [-0.2, 0) is 0 Å². The fourth-order valence-electron chi connectivity index (χ4n) is 0.569. The SMILES string of the molecule is C=CCCNC(C)(C)CO. The zero-order valence-electron chi connectivity index (χ0n) is 6.85. The average molecular weight is 143 g/mol. The van der Waals surface area contributed by atoms with E-state index >= 15 is 0 Å². The number of hydrogen-bond donors (Lipinski definition) is 2. The number of aliphatic hydroxyl groups is 1. The van der Waals surface area contributed by atoms with Crippen LogP contribution in [0.5, 0.6) is 0 Å². The van der Waals surface area contributed by atoms with Crippen molar-refractivity contribution in [1.29, 1.82) is 0 Å². The van der Waals surface area contributed by atoms with E-state index in [2.05, 4.69) is 11.9 Å². The molecule has 0 aromatic rings. The van der Waals surface area contributed by atoms with Crippen LogP contribution >= 0.6 is 0 Å². The summed E-state index contributed by atoms with van der Waals surface area (Å²) in [7, 11) is 0. The zero-order chi connectivity index (χ0) is 8.04. The lowest BCUT2D eigenvalue weighted by atomic mass is 10.1. The Hall–Kier alpha value is -0.340. The summed E-state index contributed by atoms with van der Waals surface area (Å²) in [6, 6.07) is 0. The highest BCUT2D eigenvalue weighted by molar-refractivity contribution is 4.78. The molecule has 0 aliphatic heterocycles. The molecule has 0 aliphatic carbocycles. The molecule has 0 radical (unpaired) electrons. The molecule has 0 fully saturated rings. The molecule has 0 aromatic carbocycles. The Bertz CT molecular complexity index is 99.4. The van der Waals surface area contributed by atoms with Gasteiger partial charge in [0, 0.05) is 5.54 Å². The average Bonchev–Trinajstić information content (AvgIpc) is 1.89. The first-order valence-electron chi connectivity index (χ1n) is 3.59. The molecule has 0 amide bonds. The van der Waals surface area contributed by atoms with Crippen LogP contribution in [0.2, 0.25) is 0 Å². The molecule has 60 valence electrons. The highest BCUT2D eigenvalue weighted by Crippen LogP contribution is 1.98. The van der Waals surface area contributed by atoms with E-state index < -0.39 is 0 Å². The van der Waals surface area contributed by atoms with Crippen molar-refractivity contribution in [3.8, 4) is 0 Å². The van der Waals surface area contributed by atoms with Gasteiger partial charge in [0.15, 0.2) is 0 Å². The molecule has 0 saturated carbocycles. The minimum Gasteiger partial charge on any atom is -0.394 e. The zero-order valence-corrected chi connectivity index (χ0v) is 6.85. The lowest BCUT2D eigenvalue weighted by Crippen LogP contribution is -2.42. The Labute approximate surface area is 62.9 Å². The van der Waals surface area contributed by atoms with Crippen molar-refractivity contribution in [3.05, 3.63) is 12.7 Å². The second kappa shape index (κ2) is 4.47. The highest BCUT2D eigenvalue weighted by atomic mass is 16.3. The minimum atomic E-state index is -0.150. The van der Waals surface area contributed by atoms with Crippen LogP contribution in [0, 0.1) is 0 Å². The summed E-state index contributed by atoms with van der Waals surface area (Å²) in [6.45, 7) is 8.60. The van der Waals surface area contributed by atoms with E-state index in [0.29, 0.717) is 0 Å². The third-order valence-electron chi connectivity index (χ3n) is 1.35. The second-order valence-corrected chi connectivity index (χ2v) is 3.05. The lowest BCUT2D eigenvalue weighted by Gasteiger charge is -2.22. The van der Waals surface area contributed by atoms with Crippen LogP contribution in [0.15, 0.2) is 12.7 Å². The largest absolute Gasteiger partial charge is 0.394 e. The lowest BCUT2D eigenvalue weighted by molar-refractivity contribution is 0.190. The molecule has 2 N–H and O–H groups in total. The topological polar surface area (TPSA) is 32.3 Å². The first-order chi connectivity index (χ1) is 4.62. The minimum absolute atomic E-state index is 0.150. The number of aliphatic hydroxyl groups excluding tert-OH is 1. The van der Waals surface area contributed by atoms with Crippen LogP contribution in [0.4, 0.5) is 0 Å². The molecule has 0 spiro atoms. The van der Waals surface area contributed by atoms with Gasteiger partial charge in [-0.2, -0.15) is 0 Å². The van der Waals surface area contributed by atoms with Crippen LogP contribution in [0.3, 0.4) is 0 Å². The molecular formula is C8H17NO. The van der Waals surface area contributed by atoms with Gasteiger partial charge in [0.2, 0.25) is 0 Å². The molecule has 0 heterocycles. The predicted molar refractivity (Wildman–Crippen MR) is 44.0 cm³/mol. The quantitative estimate of drug-likeness (QED) is 0.443. The van der Waals surface area contributed by atoms with E-state index in [0.717, 1.165) is 13.0 Å². The van der Waals surface area contributed by atoms with E-state index in [4.69, 9.17) is 5.11 Å². The molecule has 2 heteroatoms. The molecular weight excluding hydrogens is 126 g/mol. The van der Waals surface area contributed by atoms with Crippen LogP contribution in [0.25, 0.3) is 0 Å². The normalized spacial score (nSPS) is 11.5.